The molecule has 166 valence electrons. The van der Waals surface area contributed by atoms with Gasteiger partial charge in [0.1, 0.15) is 18.7 Å². The number of carbonyl (C=O) groups excluding carboxylic acids is 2. The number of aromatic amines is 1. The molecule has 3 rings (SSSR count). The summed E-state index contributed by atoms with van der Waals surface area (Å²) in [4.78, 5) is 43.7. The molecule has 0 spiro atoms. The minimum Gasteiger partial charge on any atom is -0.480 e. The van der Waals surface area contributed by atoms with Crippen molar-refractivity contribution in [2.45, 2.75) is 31.5 Å². The summed E-state index contributed by atoms with van der Waals surface area (Å²) < 4.78 is 5.22. The lowest BCUT2D eigenvalue weighted by Crippen LogP contribution is -2.53. The van der Waals surface area contributed by atoms with Crippen molar-refractivity contribution in [3.8, 4) is 0 Å². The summed E-state index contributed by atoms with van der Waals surface area (Å²) in [6, 6.07) is 16.0. The van der Waals surface area contributed by atoms with E-state index in [4.69, 9.17) is 4.74 Å². The lowest BCUT2D eigenvalue weighted by atomic mass is 10.0. The molecule has 0 aliphatic heterocycles. The topological polar surface area (TPSA) is 133 Å². The molecule has 32 heavy (non-hydrogen) atoms. The van der Waals surface area contributed by atoms with Crippen LogP contribution in [0.15, 0.2) is 73.2 Å². The maximum atomic E-state index is 12.9. The van der Waals surface area contributed by atoms with Crippen LogP contribution in [0.4, 0.5) is 4.79 Å². The lowest BCUT2D eigenvalue weighted by molar-refractivity contribution is -0.142. The van der Waals surface area contributed by atoms with E-state index in [2.05, 4.69) is 20.6 Å². The number of benzene rings is 2. The van der Waals surface area contributed by atoms with Crippen molar-refractivity contribution in [3.63, 3.8) is 0 Å². The maximum Gasteiger partial charge on any atom is 0.408 e. The second-order valence-electron chi connectivity index (χ2n) is 7.11. The van der Waals surface area contributed by atoms with Crippen LogP contribution in [-0.2, 0) is 33.8 Å². The van der Waals surface area contributed by atoms with Gasteiger partial charge in [-0.2, -0.15) is 0 Å². The molecular weight excluding hydrogens is 412 g/mol. The number of hydrogen-bond donors (Lipinski definition) is 4. The van der Waals surface area contributed by atoms with Crippen molar-refractivity contribution in [2.24, 2.45) is 0 Å². The summed E-state index contributed by atoms with van der Waals surface area (Å²) >= 11 is 0. The van der Waals surface area contributed by atoms with Gasteiger partial charge in [-0.05, 0) is 11.1 Å². The number of imidazole rings is 1. The SMILES string of the molecule is O=C(N[C@@H](Cc1ccccc1)C(=O)N[C@@H](Cc1c[nH]cn1)C(=O)O)OCc1ccccc1. The molecule has 9 heteroatoms. The first-order chi connectivity index (χ1) is 15.5. The Morgan fingerprint density at radius 3 is 2.16 bits per heavy atom. The average molecular weight is 436 g/mol. The van der Waals surface area contributed by atoms with Crippen molar-refractivity contribution >= 4 is 18.0 Å². The number of ether oxygens (including phenoxy) is 1. The molecule has 2 atom stereocenters. The fourth-order valence-electron chi connectivity index (χ4n) is 3.05. The first-order valence-electron chi connectivity index (χ1n) is 10.0. The normalized spacial score (nSPS) is 12.4. The summed E-state index contributed by atoms with van der Waals surface area (Å²) in [5, 5.41) is 14.6. The number of H-pyrrole nitrogens is 1. The summed E-state index contributed by atoms with van der Waals surface area (Å²) in [5.74, 6) is -1.83. The van der Waals surface area contributed by atoms with Crippen molar-refractivity contribution in [1.29, 1.82) is 0 Å². The van der Waals surface area contributed by atoms with Gasteiger partial charge in [-0.15, -0.1) is 0 Å². The fourth-order valence-corrected chi connectivity index (χ4v) is 3.05. The minimum absolute atomic E-state index is 0.00108. The number of amides is 2. The number of aliphatic carboxylic acids is 1. The van der Waals surface area contributed by atoms with Gasteiger partial charge in [0.25, 0.3) is 0 Å². The van der Waals surface area contributed by atoms with E-state index in [0.717, 1.165) is 11.1 Å². The van der Waals surface area contributed by atoms with E-state index < -0.39 is 30.1 Å². The number of carboxylic acid groups (broad SMARTS) is 1. The number of hydrogen-bond acceptors (Lipinski definition) is 5. The Kier molecular flexibility index (Phi) is 7.96. The summed E-state index contributed by atoms with van der Waals surface area (Å²) in [6.07, 6.45) is 2.38. The van der Waals surface area contributed by atoms with Crippen LogP contribution in [0.3, 0.4) is 0 Å². The van der Waals surface area contributed by atoms with E-state index in [1.165, 1.54) is 6.33 Å². The molecule has 0 unspecified atom stereocenters. The van der Waals surface area contributed by atoms with Crippen LogP contribution in [-0.4, -0.2) is 45.1 Å². The smallest absolute Gasteiger partial charge is 0.408 e. The molecule has 1 aromatic heterocycles. The molecular formula is C23H24N4O5. The third kappa shape index (κ3) is 6.98. The van der Waals surface area contributed by atoms with Crippen LogP contribution in [0, 0.1) is 0 Å². The first kappa shape index (κ1) is 22.5. The molecule has 1 heterocycles. The number of carboxylic acids is 1. The quantitative estimate of drug-likeness (QED) is 0.384. The molecule has 0 aliphatic carbocycles. The number of alkyl carbamates (subject to hydrolysis) is 1. The molecule has 0 bridgehead atoms. The summed E-state index contributed by atoms with van der Waals surface area (Å²) in [5.41, 5.74) is 2.10. The minimum atomic E-state index is -1.20. The van der Waals surface area contributed by atoms with Gasteiger partial charge < -0.3 is 25.5 Å². The molecule has 2 amide bonds. The van der Waals surface area contributed by atoms with Crippen LogP contribution in [0.25, 0.3) is 0 Å². The highest BCUT2D eigenvalue weighted by molar-refractivity contribution is 5.89. The maximum absolute atomic E-state index is 12.9. The molecule has 0 radical (unpaired) electrons. The molecule has 0 fully saturated rings. The Morgan fingerprint density at radius 2 is 1.56 bits per heavy atom. The standard InChI is InChI=1S/C23H24N4O5/c28-21(26-20(22(29)30)12-18-13-24-15-25-18)19(11-16-7-3-1-4-8-16)27-23(31)32-14-17-9-5-2-6-10-17/h1-10,13,15,19-20H,11-12,14H2,(H,24,25)(H,26,28)(H,27,31)(H,29,30)/t19-,20-/m0/s1. The number of rotatable bonds is 10. The molecule has 3 aromatic rings. The van der Waals surface area contributed by atoms with Crippen molar-refractivity contribution < 1.29 is 24.2 Å². The Balaban J connectivity index is 1.67. The molecule has 9 nitrogen and oxygen atoms in total. The highest BCUT2D eigenvalue weighted by Gasteiger charge is 2.28. The van der Waals surface area contributed by atoms with Crippen molar-refractivity contribution in [3.05, 3.63) is 90.0 Å². The van der Waals surface area contributed by atoms with Gasteiger partial charge >= 0.3 is 12.1 Å². The third-order valence-electron chi connectivity index (χ3n) is 4.69. The molecule has 0 aliphatic rings. The van der Waals surface area contributed by atoms with Crippen molar-refractivity contribution in [1.82, 2.24) is 20.6 Å². The third-order valence-corrected chi connectivity index (χ3v) is 4.69. The van der Waals surface area contributed by atoms with E-state index in [1.54, 1.807) is 6.20 Å². The second kappa shape index (κ2) is 11.3. The fraction of sp³-hybridized carbons (Fsp3) is 0.217. The number of nitrogens with zero attached hydrogens (tertiary/aromatic N) is 1. The van der Waals surface area contributed by atoms with E-state index in [9.17, 15) is 19.5 Å². The summed E-state index contributed by atoms with van der Waals surface area (Å²) in [7, 11) is 0. The van der Waals surface area contributed by atoms with Gasteiger partial charge in [0.15, 0.2) is 0 Å². The highest BCUT2D eigenvalue weighted by atomic mass is 16.5. The molecule has 0 saturated heterocycles. The van der Waals surface area contributed by atoms with Crippen LogP contribution < -0.4 is 10.6 Å². The van der Waals surface area contributed by atoms with E-state index in [-0.39, 0.29) is 19.4 Å². The van der Waals surface area contributed by atoms with Crippen LogP contribution in [0.1, 0.15) is 16.8 Å². The zero-order valence-electron chi connectivity index (χ0n) is 17.2. The Bertz CT molecular complexity index is 1010. The molecule has 4 N–H and O–H groups in total. The van der Waals surface area contributed by atoms with Gasteiger partial charge in [-0.25, -0.2) is 14.6 Å². The van der Waals surface area contributed by atoms with E-state index in [0.29, 0.717) is 5.69 Å². The predicted octanol–water partition coefficient (Wildman–Crippen LogP) is 2.06. The van der Waals surface area contributed by atoms with Crippen molar-refractivity contribution in [2.75, 3.05) is 0 Å². The number of nitrogens with one attached hydrogen (secondary N) is 3. The summed E-state index contributed by atoms with van der Waals surface area (Å²) in [6.45, 7) is 0.0449. The first-order valence-corrected chi connectivity index (χ1v) is 10.0. The van der Waals surface area contributed by atoms with Crippen LogP contribution in [0.5, 0.6) is 0 Å². The van der Waals surface area contributed by atoms with Crippen LogP contribution >= 0.6 is 0 Å². The molecule has 0 saturated carbocycles. The zero-order valence-corrected chi connectivity index (χ0v) is 17.2. The van der Waals surface area contributed by atoms with Gasteiger partial charge in [0.2, 0.25) is 5.91 Å². The monoisotopic (exact) mass is 436 g/mol. The van der Waals surface area contributed by atoms with Crippen LogP contribution in [0.2, 0.25) is 0 Å². The average Bonchev–Trinajstić information content (AvgIpc) is 3.31. The zero-order chi connectivity index (χ0) is 22.8. The second-order valence-corrected chi connectivity index (χ2v) is 7.11. The van der Waals surface area contributed by atoms with Gasteiger partial charge in [0, 0.05) is 19.0 Å². The highest BCUT2D eigenvalue weighted by Crippen LogP contribution is 2.07. The Labute approximate surface area is 184 Å². The van der Waals surface area contributed by atoms with E-state index >= 15 is 0 Å². The molecule has 2 aromatic carbocycles. The lowest BCUT2D eigenvalue weighted by Gasteiger charge is -2.21. The van der Waals surface area contributed by atoms with Gasteiger partial charge in [-0.1, -0.05) is 60.7 Å². The predicted molar refractivity (Wildman–Crippen MR) is 116 cm³/mol. The number of aromatic nitrogens is 2. The number of carbonyl (C=O) groups is 3. The Morgan fingerprint density at radius 1 is 0.906 bits per heavy atom. The largest absolute Gasteiger partial charge is 0.480 e. The van der Waals surface area contributed by atoms with Gasteiger partial charge in [0.05, 0.1) is 12.0 Å². The van der Waals surface area contributed by atoms with E-state index in [1.807, 2.05) is 60.7 Å². The van der Waals surface area contributed by atoms with Gasteiger partial charge in [-0.3, -0.25) is 4.79 Å². The Hall–Kier alpha value is -4.14.